The molecule has 1 amide bonds. The zero-order valence-corrected chi connectivity index (χ0v) is 16.4. The van der Waals surface area contributed by atoms with Crippen LogP contribution in [0.4, 0.5) is 10.1 Å². The third-order valence-electron chi connectivity index (χ3n) is 4.14. The van der Waals surface area contributed by atoms with Gasteiger partial charge in [-0.2, -0.15) is 0 Å². The minimum absolute atomic E-state index is 0.307. The minimum Gasteiger partial charge on any atom is -0.486 e. The Bertz CT molecular complexity index is 897. The molecule has 1 aliphatic heterocycles. The van der Waals surface area contributed by atoms with Crippen molar-refractivity contribution < 1.29 is 32.9 Å². The minimum atomic E-state index is -1.37. The van der Waals surface area contributed by atoms with Crippen LogP contribution < -0.4 is 19.5 Å². The van der Waals surface area contributed by atoms with Crippen LogP contribution in [0, 0.1) is 5.82 Å². The number of halogens is 1. The molecule has 8 heteroatoms. The molecular formula is C21H22FNO6. The monoisotopic (exact) mass is 403 g/mol. The summed E-state index contributed by atoms with van der Waals surface area (Å²) < 4.78 is 34.7. The maximum Gasteiger partial charge on any atom is 0.350 e. The topological polar surface area (TPSA) is 83.1 Å². The van der Waals surface area contributed by atoms with Crippen LogP contribution in [0.5, 0.6) is 17.2 Å². The van der Waals surface area contributed by atoms with E-state index in [0.717, 1.165) is 0 Å². The SMILES string of the molecule is C[C@H](OC(=O)C(C)(C)Oc1ccc(F)cc1)C(=O)Nc1ccc2c(c1)OCCO2. The van der Waals surface area contributed by atoms with Crippen LogP contribution in [0.25, 0.3) is 0 Å². The number of benzene rings is 2. The number of anilines is 1. The molecule has 3 rings (SSSR count). The van der Waals surface area contributed by atoms with E-state index in [1.807, 2.05) is 0 Å². The smallest absolute Gasteiger partial charge is 0.350 e. The van der Waals surface area contributed by atoms with Crippen LogP contribution in [0.15, 0.2) is 42.5 Å². The molecule has 1 aliphatic rings. The van der Waals surface area contributed by atoms with Gasteiger partial charge in [0.05, 0.1) is 0 Å². The van der Waals surface area contributed by atoms with Crippen molar-refractivity contribution in [3.8, 4) is 17.2 Å². The van der Waals surface area contributed by atoms with Gasteiger partial charge in [0.2, 0.25) is 0 Å². The number of hydrogen-bond acceptors (Lipinski definition) is 6. The van der Waals surface area contributed by atoms with Gasteiger partial charge in [-0.3, -0.25) is 4.79 Å². The van der Waals surface area contributed by atoms with Crippen LogP contribution in [-0.2, 0) is 14.3 Å². The number of nitrogens with one attached hydrogen (secondary N) is 1. The van der Waals surface area contributed by atoms with Crippen molar-refractivity contribution in [2.75, 3.05) is 18.5 Å². The molecule has 0 fully saturated rings. The third kappa shape index (κ3) is 5.16. The van der Waals surface area contributed by atoms with Gasteiger partial charge in [-0.05, 0) is 57.2 Å². The molecule has 0 aliphatic carbocycles. The van der Waals surface area contributed by atoms with Gasteiger partial charge in [0.15, 0.2) is 23.2 Å². The summed E-state index contributed by atoms with van der Waals surface area (Å²) in [5.41, 5.74) is -0.882. The Morgan fingerprint density at radius 3 is 2.41 bits per heavy atom. The largest absolute Gasteiger partial charge is 0.486 e. The average Bonchev–Trinajstić information content (AvgIpc) is 2.69. The second kappa shape index (κ2) is 8.38. The van der Waals surface area contributed by atoms with Crippen molar-refractivity contribution in [1.82, 2.24) is 0 Å². The van der Waals surface area contributed by atoms with E-state index in [-0.39, 0.29) is 0 Å². The molecule has 154 valence electrons. The van der Waals surface area contributed by atoms with Crippen LogP contribution in [0.2, 0.25) is 0 Å². The van der Waals surface area contributed by atoms with E-state index >= 15 is 0 Å². The summed E-state index contributed by atoms with van der Waals surface area (Å²) in [6.45, 7) is 5.37. The summed E-state index contributed by atoms with van der Waals surface area (Å²) in [4.78, 5) is 24.9. The summed E-state index contributed by atoms with van der Waals surface area (Å²) >= 11 is 0. The highest BCUT2D eigenvalue weighted by molar-refractivity contribution is 5.95. The first kappa shape index (κ1) is 20.4. The maximum atomic E-state index is 13.0. The van der Waals surface area contributed by atoms with Gasteiger partial charge in [0.25, 0.3) is 5.91 Å². The van der Waals surface area contributed by atoms with Gasteiger partial charge < -0.3 is 24.3 Å². The van der Waals surface area contributed by atoms with E-state index < -0.39 is 29.4 Å². The molecule has 29 heavy (non-hydrogen) atoms. The lowest BCUT2D eigenvalue weighted by atomic mass is 10.1. The molecule has 0 aromatic heterocycles. The van der Waals surface area contributed by atoms with Crippen LogP contribution in [0.3, 0.4) is 0 Å². The highest BCUT2D eigenvalue weighted by atomic mass is 19.1. The Kier molecular flexibility index (Phi) is 5.91. The average molecular weight is 403 g/mol. The summed E-state index contributed by atoms with van der Waals surface area (Å²) in [6.07, 6.45) is -1.06. The van der Waals surface area contributed by atoms with E-state index in [1.54, 1.807) is 18.2 Å². The molecule has 0 saturated carbocycles. The Morgan fingerprint density at radius 1 is 1.07 bits per heavy atom. The van der Waals surface area contributed by atoms with Crippen LogP contribution in [-0.4, -0.2) is 36.8 Å². The molecule has 0 unspecified atom stereocenters. The maximum absolute atomic E-state index is 13.0. The molecule has 0 spiro atoms. The molecule has 0 radical (unpaired) electrons. The predicted octanol–water partition coefficient (Wildman–Crippen LogP) is 3.32. The third-order valence-corrected chi connectivity index (χ3v) is 4.14. The Labute approximate surface area is 167 Å². The first-order valence-electron chi connectivity index (χ1n) is 9.11. The molecule has 7 nitrogen and oxygen atoms in total. The number of esters is 1. The van der Waals surface area contributed by atoms with Crippen LogP contribution >= 0.6 is 0 Å². The fourth-order valence-corrected chi connectivity index (χ4v) is 2.56. The number of amides is 1. The van der Waals surface area contributed by atoms with Gasteiger partial charge in [-0.1, -0.05) is 0 Å². The van der Waals surface area contributed by atoms with E-state index in [4.69, 9.17) is 18.9 Å². The number of rotatable bonds is 6. The lowest BCUT2D eigenvalue weighted by Crippen LogP contribution is -2.43. The van der Waals surface area contributed by atoms with Gasteiger partial charge in [-0.15, -0.1) is 0 Å². The Morgan fingerprint density at radius 2 is 1.72 bits per heavy atom. The molecule has 1 heterocycles. The Hall–Kier alpha value is -3.29. The summed E-state index contributed by atoms with van der Waals surface area (Å²) in [5, 5.41) is 2.67. The first-order valence-corrected chi connectivity index (χ1v) is 9.11. The number of carbonyl (C=O) groups excluding carboxylic acids is 2. The quantitative estimate of drug-likeness (QED) is 0.745. The molecular weight excluding hydrogens is 381 g/mol. The highest BCUT2D eigenvalue weighted by Gasteiger charge is 2.34. The zero-order valence-electron chi connectivity index (χ0n) is 16.4. The summed E-state index contributed by atoms with van der Waals surface area (Å²) in [7, 11) is 0. The first-order chi connectivity index (χ1) is 13.7. The van der Waals surface area contributed by atoms with Crippen molar-refractivity contribution in [1.29, 1.82) is 0 Å². The van der Waals surface area contributed by atoms with Crippen molar-refractivity contribution in [2.45, 2.75) is 32.5 Å². The Balaban J connectivity index is 1.58. The molecule has 0 bridgehead atoms. The fourth-order valence-electron chi connectivity index (χ4n) is 2.56. The normalized spacial score (nSPS) is 13.9. The molecule has 2 aromatic carbocycles. The van der Waals surface area contributed by atoms with Gasteiger partial charge >= 0.3 is 5.97 Å². The van der Waals surface area contributed by atoms with Crippen molar-refractivity contribution in [2.24, 2.45) is 0 Å². The number of fused-ring (bicyclic) bond motifs is 1. The van der Waals surface area contributed by atoms with Crippen molar-refractivity contribution in [3.05, 3.63) is 48.3 Å². The second-order valence-electron chi connectivity index (χ2n) is 6.96. The highest BCUT2D eigenvalue weighted by Crippen LogP contribution is 2.32. The van der Waals surface area contributed by atoms with Gasteiger partial charge in [-0.25, -0.2) is 9.18 Å². The van der Waals surface area contributed by atoms with Crippen LogP contribution in [0.1, 0.15) is 20.8 Å². The van der Waals surface area contributed by atoms with Crippen molar-refractivity contribution in [3.63, 3.8) is 0 Å². The van der Waals surface area contributed by atoms with E-state index in [1.165, 1.54) is 45.0 Å². The van der Waals surface area contributed by atoms with E-state index in [2.05, 4.69) is 5.32 Å². The molecule has 0 saturated heterocycles. The molecule has 1 N–H and O–H groups in total. The fraction of sp³-hybridized carbons (Fsp3) is 0.333. The van der Waals surface area contributed by atoms with E-state index in [9.17, 15) is 14.0 Å². The predicted molar refractivity (Wildman–Crippen MR) is 103 cm³/mol. The molecule has 2 aromatic rings. The lowest BCUT2D eigenvalue weighted by Gasteiger charge is -2.26. The number of ether oxygens (including phenoxy) is 4. The van der Waals surface area contributed by atoms with Gasteiger partial charge in [0.1, 0.15) is 24.8 Å². The summed E-state index contributed by atoms with van der Waals surface area (Å²) in [5.74, 6) is -0.205. The second-order valence-corrected chi connectivity index (χ2v) is 6.96. The summed E-state index contributed by atoms with van der Waals surface area (Å²) in [6, 6.07) is 10.3. The standard InChI is InChI=1S/C21H22FNO6/c1-13(19(24)23-15-6-9-17-18(12-15)27-11-10-26-17)28-20(25)21(2,3)29-16-7-4-14(22)5-8-16/h4-9,12-13H,10-11H2,1-3H3,(H,23,24)/t13-/m0/s1. The zero-order chi connectivity index (χ0) is 21.0. The number of carbonyl (C=O) groups is 2. The van der Waals surface area contributed by atoms with E-state index in [0.29, 0.717) is 36.1 Å². The number of hydrogen-bond donors (Lipinski definition) is 1. The van der Waals surface area contributed by atoms with Crippen molar-refractivity contribution >= 4 is 17.6 Å². The lowest BCUT2D eigenvalue weighted by molar-refractivity contribution is -0.166. The molecule has 1 atom stereocenters. The van der Waals surface area contributed by atoms with Gasteiger partial charge in [0, 0.05) is 11.8 Å².